The average Bonchev–Trinajstić information content (AvgIpc) is 2.84. The number of aryl methyl sites for hydroxylation is 1. The Labute approximate surface area is 117 Å². The van der Waals surface area contributed by atoms with Gasteiger partial charge in [0.2, 0.25) is 0 Å². The topological polar surface area (TPSA) is 21.1 Å². The number of nitrogens with zero attached hydrogens (tertiary/aromatic N) is 3. The number of hydrogen-bond acceptors (Lipinski definition) is 2. The molecule has 1 aromatic heterocycles. The number of rotatable bonds is 2. The van der Waals surface area contributed by atoms with Crippen LogP contribution < -0.4 is 0 Å². The van der Waals surface area contributed by atoms with Crippen LogP contribution in [-0.2, 0) is 6.42 Å². The van der Waals surface area contributed by atoms with E-state index in [9.17, 15) is 0 Å². The number of hydrogen-bond donors (Lipinski definition) is 0. The first-order valence-corrected chi connectivity index (χ1v) is 7.97. The van der Waals surface area contributed by atoms with Gasteiger partial charge in [0.25, 0.3) is 0 Å². The van der Waals surface area contributed by atoms with E-state index in [0.717, 1.165) is 0 Å². The van der Waals surface area contributed by atoms with Crippen LogP contribution in [0.15, 0.2) is 6.20 Å². The molecule has 106 valence electrons. The Bertz CT molecular complexity index is 435. The van der Waals surface area contributed by atoms with E-state index in [-0.39, 0.29) is 0 Å². The first-order valence-electron chi connectivity index (χ1n) is 7.97. The maximum atomic E-state index is 4.80. The first kappa shape index (κ1) is 13.2. The lowest BCUT2D eigenvalue weighted by Crippen LogP contribution is -2.40. The minimum Gasteiger partial charge on any atom is -0.329 e. The second kappa shape index (κ2) is 5.28. The van der Waals surface area contributed by atoms with E-state index in [1.807, 2.05) is 0 Å². The Morgan fingerprint density at radius 2 is 2.11 bits per heavy atom. The Kier molecular flexibility index (Phi) is 3.66. The minimum absolute atomic E-state index is 0.644. The molecule has 1 saturated heterocycles. The standard InChI is InChI=1S/C16H27N3/c1-12(2)18-9-5-7-14(11-18)16-17-10-15-8-4-6-13(3)19(15)16/h10,12-14H,4-9,11H2,1-3H3. The highest BCUT2D eigenvalue weighted by molar-refractivity contribution is 5.14. The monoisotopic (exact) mass is 261 g/mol. The average molecular weight is 261 g/mol. The molecule has 1 aromatic rings. The molecule has 3 rings (SSSR count). The number of imidazole rings is 1. The molecule has 2 unspecified atom stereocenters. The third kappa shape index (κ3) is 2.45. The molecule has 0 radical (unpaired) electrons. The highest BCUT2D eigenvalue weighted by atomic mass is 15.2. The van der Waals surface area contributed by atoms with Gasteiger partial charge >= 0.3 is 0 Å². The Balaban J connectivity index is 1.84. The van der Waals surface area contributed by atoms with Crippen molar-refractivity contribution in [2.24, 2.45) is 0 Å². The van der Waals surface area contributed by atoms with E-state index in [0.29, 0.717) is 18.0 Å². The van der Waals surface area contributed by atoms with Crippen molar-refractivity contribution in [2.45, 2.75) is 70.9 Å². The van der Waals surface area contributed by atoms with Crippen LogP contribution >= 0.6 is 0 Å². The predicted octanol–water partition coefficient (Wildman–Crippen LogP) is 3.37. The summed E-state index contributed by atoms with van der Waals surface area (Å²) in [5.74, 6) is 2.01. The van der Waals surface area contributed by atoms with Crippen LogP contribution in [0.3, 0.4) is 0 Å². The van der Waals surface area contributed by atoms with Crippen molar-refractivity contribution < 1.29 is 0 Å². The highest BCUT2D eigenvalue weighted by Gasteiger charge is 2.29. The van der Waals surface area contributed by atoms with Gasteiger partial charge in [0.1, 0.15) is 5.82 Å². The highest BCUT2D eigenvalue weighted by Crippen LogP contribution is 2.33. The molecule has 3 heteroatoms. The van der Waals surface area contributed by atoms with Crippen molar-refractivity contribution in [3.63, 3.8) is 0 Å². The van der Waals surface area contributed by atoms with Crippen LogP contribution in [0.4, 0.5) is 0 Å². The van der Waals surface area contributed by atoms with E-state index < -0.39 is 0 Å². The second-order valence-corrected chi connectivity index (χ2v) is 6.65. The van der Waals surface area contributed by atoms with Crippen molar-refractivity contribution in [1.82, 2.24) is 14.5 Å². The van der Waals surface area contributed by atoms with E-state index in [1.165, 1.54) is 56.7 Å². The maximum Gasteiger partial charge on any atom is 0.113 e. The minimum atomic E-state index is 0.644. The van der Waals surface area contributed by atoms with Gasteiger partial charge < -0.3 is 9.47 Å². The molecule has 0 saturated carbocycles. The first-order chi connectivity index (χ1) is 9.16. The molecule has 3 nitrogen and oxygen atoms in total. The van der Waals surface area contributed by atoms with Gasteiger partial charge in [-0.25, -0.2) is 4.98 Å². The van der Waals surface area contributed by atoms with Crippen molar-refractivity contribution in [3.05, 3.63) is 17.7 Å². The van der Waals surface area contributed by atoms with E-state index in [2.05, 4.69) is 36.4 Å². The fourth-order valence-corrected chi connectivity index (χ4v) is 3.80. The molecule has 2 aliphatic heterocycles. The lowest BCUT2D eigenvalue weighted by Gasteiger charge is -2.36. The Morgan fingerprint density at radius 3 is 2.89 bits per heavy atom. The molecule has 0 amide bonds. The zero-order chi connectivity index (χ0) is 13.4. The van der Waals surface area contributed by atoms with E-state index in [1.54, 1.807) is 0 Å². The number of likely N-dealkylation sites (tertiary alicyclic amines) is 1. The molecular formula is C16H27N3. The zero-order valence-electron chi connectivity index (χ0n) is 12.6. The fourth-order valence-electron chi connectivity index (χ4n) is 3.80. The maximum absolute atomic E-state index is 4.80. The molecule has 3 heterocycles. The summed E-state index contributed by atoms with van der Waals surface area (Å²) in [6.07, 6.45) is 8.63. The molecule has 0 aliphatic carbocycles. The molecule has 19 heavy (non-hydrogen) atoms. The third-order valence-corrected chi connectivity index (χ3v) is 4.95. The molecule has 0 spiro atoms. The van der Waals surface area contributed by atoms with Crippen molar-refractivity contribution in [1.29, 1.82) is 0 Å². The quantitative estimate of drug-likeness (QED) is 0.814. The van der Waals surface area contributed by atoms with Crippen LogP contribution in [-0.4, -0.2) is 33.6 Å². The molecular weight excluding hydrogens is 234 g/mol. The van der Waals surface area contributed by atoms with Crippen LogP contribution in [0.2, 0.25) is 0 Å². The smallest absolute Gasteiger partial charge is 0.113 e. The van der Waals surface area contributed by atoms with Gasteiger partial charge in [-0.05, 0) is 59.4 Å². The van der Waals surface area contributed by atoms with Gasteiger partial charge in [-0.2, -0.15) is 0 Å². The summed E-state index contributed by atoms with van der Waals surface area (Å²) in [7, 11) is 0. The summed E-state index contributed by atoms with van der Waals surface area (Å²) in [6, 6.07) is 1.31. The lowest BCUT2D eigenvalue weighted by molar-refractivity contribution is 0.162. The largest absolute Gasteiger partial charge is 0.329 e. The number of piperidine rings is 1. The third-order valence-electron chi connectivity index (χ3n) is 4.95. The van der Waals surface area contributed by atoms with Gasteiger partial charge in [0.15, 0.2) is 0 Å². The van der Waals surface area contributed by atoms with E-state index in [4.69, 9.17) is 4.98 Å². The molecule has 2 aliphatic rings. The van der Waals surface area contributed by atoms with Crippen LogP contribution in [0.5, 0.6) is 0 Å². The summed E-state index contributed by atoms with van der Waals surface area (Å²) in [5, 5.41) is 0. The van der Waals surface area contributed by atoms with Gasteiger partial charge in [-0.1, -0.05) is 0 Å². The summed E-state index contributed by atoms with van der Waals surface area (Å²) in [4.78, 5) is 7.42. The molecule has 0 aromatic carbocycles. The Morgan fingerprint density at radius 1 is 1.26 bits per heavy atom. The SMILES string of the molecule is CC(C)N1CCCC(c2ncc3n2C(C)CCC3)C1. The normalized spacial score (nSPS) is 28.6. The predicted molar refractivity (Wildman–Crippen MR) is 78.6 cm³/mol. The van der Waals surface area contributed by atoms with Gasteiger partial charge in [0, 0.05) is 36.4 Å². The van der Waals surface area contributed by atoms with E-state index >= 15 is 0 Å². The Hall–Kier alpha value is -0.830. The van der Waals surface area contributed by atoms with Crippen LogP contribution in [0, 0.1) is 0 Å². The number of aromatic nitrogens is 2. The lowest BCUT2D eigenvalue weighted by atomic mass is 9.95. The van der Waals surface area contributed by atoms with Gasteiger partial charge in [-0.3, -0.25) is 0 Å². The van der Waals surface area contributed by atoms with Crippen LogP contribution in [0.25, 0.3) is 0 Å². The molecule has 2 atom stereocenters. The summed E-state index contributed by atoms with van der Waals surface area (Å²) >= 11 is 0. The summed E-state index contributed by atoms with van der Waals surface area (Å²) < 4.78 is 2.55. The van der Waals surface area contributed by atoms with Crippen molar-refractivity contribution >= 4 is 0 Å². The summed E-state index contributed by atoms with van der Waals surface area (Å²) in [5.41, 5.74) is 1.47. The van der Waals surface area contributed by atoms with Crippen molar-refractivity contribution in [3.8, 4) is 0 Å². The zero-order valence-corrected chi connectivity index (χ0v) is 12.6. The van der Waals surface area contributed by atoms with Crippen molar-refractivity contribution in [2.75, 3.05) is 13.1 Å². The van der Waals surface area contributed by atoms with Crippen LogP contribution in [0.1, 0.15) is 69.9 Å². The molecule has 0 N–H and O–H groups in total. The van der Waals surface area contributed by atoms with Gasteiger partial charge in [-0.15, -0.1) is 0 Å². The summed E-state index contributed by atoms with van der Waals surface area (Å²) in [6.45, 7) is 9.44. The molecule has 1 fully saturated rings. The number of fused-ring (bicyclic) bond motifs is 1. The van der Waals surface area contributed by atoms with Gasteiger partial charge in [0.05, 0.1) is 0 Å². The molecule has 0 bridgehead atoms. The second-order valence-electron chi connectivity index (χ2n) is 6.65. The fraction of sp³-hybridized carbons (Fsp3) is 0.812.